The van der Waals surface area contributed by atoms with E-state index >= 15 is 0 Å². The summed E-state index contributed by atoms with van der Waals surface area (Å²) in [5.74, 6) is -0.253. The molecule has 6 nitrogen and oxygen atoms in total. The monoisotopic (exact) mass is 242 g/mol. The van der Waals surface area contributed by atoms with Gasteiger partial charge in [0.15, 0.2) is 0 Å². The summed E-state index contributed by atoms with van der Waals surface area (Å²) in [6, 6.07) is 0.267. The number of nitrogens with one attached hydrogen (secondary N) is 3. The van der Waals surface area contributed by atoms with Crippen LogP contribution in [0.2, 0.25) is 0 Å². The van der Waals surface area contributed by atoms with Gasteiger partial charge in [0.05, 0.1) is 6.54 Å². The highest BCUT2D eigenvalue weighted by Crippen LogP contribution is 2.05. The molecule has 98 valence electrons. The molecule has 2 atom stereocenters. The largest absolute Gasteiger partial charge is 0.338 e. The normalized spacial score (nSPS) is 25.4. The third-order valence-corrected chi connectivity index (χ3v) is 2.83. The van der Waals surface area contributed by atoms with Crippen LogP contribution in [0.15, 0.2) is 0 Å². The van der Waals surface area contributed by atoms with Crippen molar-refractivity contribution in [3.8, 4) is 0 Å². The molecule has 0 aromatic carbocycles. The predicted octanol–water partition coefficient (Wildman–Crippen LogP) is -0.486. The summed E-state index contributed by atoms with van der Waals surface area (Å²) in [6.45, 7) is 8.44. The number of imide groups is 1. The van der Waals surface area contributed by atoms with Crippen molar-refractivity contribution in [3.63, 3.8) is 0 Å². The molecule has 17 heavy (non-hydrogen) atoms. The molecule has 0 saturated carbocycles. The topological polar surface area (TPSA) is 73.5 Å². The number of rotatable bonds is 3. The molecule has 0 aromatic heterocycles. The number of carbonyl (C=O) groups is 2. The summed E-state index contributed by atoms with van der Waals surface area (Å²) in [4.78, 5) is 24.9. The number of amides is 3. The summed E-state index contributed by atoms with van der Waals surface area (Å²) in [5, 5.41) is 8.19. The molecule has 6 heteroatoms. The summed E-state index contributed by atoms with van der Waals surface area (Å²) >= 11 is 0. The molecular weight excluding hydrogens is 220 g/mol. The molecule has 1 aliphatic heterocycles. The first-order valence-electron chi connectivity index (χ1n) is 6.08. The molecule has 3 N–H and O–H groups in total. The Kier molecular flexibility index (Phi) is 5.37. The van der Waals surface area contributed by atoms with Crippen molar-refractivity contribution in [2.24, 2.45) is 0 Å². The number of hydrogen-bond acceptors (Lipinski definition) is 4. The van der Waals surface area contributed by atoms with Crippen molar-refractivity contribution in [2.45, 2.75) is 32.9 Å². The minimum Gasteiger partial charge on any atom is -0.338 e. The van der Waals surface area contributed by atoms with Gasteiger partial charge in [-0.25, -0.2) is 4.79 Å². The zero-order valence-corrected chi connectivity index (χ0v) is 10.7. The second-order valence-corrected chi connectivity index (χ2v) is 4.50. The molecule has 0 spiro atoms. The van der Waals surface area contributed by atoms with E-state index in [2.05, 4.69) is 34.7 Å². The van der Waals surface area contributed by atoms with Gasteiger partial charge in [-0.05, 0) is 20.8 Å². The lowest BCUT2D eigenvalue weighted by Crippen LogP contribution is -2.57. The first kappa shape index (κ1) is 13.9. The number of carbonyl (C=O) groups excluding carboxylic acids is 2. The van der Waals surface area contributed by atoms with Crippen LogP contribution in [0.25, 0.3) is 0 Å². The van der Waals surface area contributed by atoms with Gasteiger partial charge in [0.25, 0.3) is 0 Å². The van der Waals surface area contributed by atoms with Crippen LogP contribution in [-0.4, -0.2) is 55.1 Å². The van der Waals surface area contributed by atoms with Crippen molar-refractivity contribution in [1.29, 1.82) is 0 Å². The maximum atomic E-state index is 11.6. The molecule has 1 saturated heterocycles. The molecule has 1 rings (SSSR count). The first-order valence-corrected chi connectivity index (χ1v) is 6.08. The van der Waals surface area contributed by atoms with Crippen molar-refractivity contribution >= 4 is 11.9 Å². The van der Waals surface area contributed by atoms with Gasteiger partial charge >= 0.3 is 6.03 Å². The lowest BCUT2D eigenvalue weighted by atomic mass is 10.1. The molecule has 1 fully saturated rings. The molecule has 0 radical (unpaired) electrons. The van der Waals surface area contributed by atoms with Crippen molar-refractivity contribution < 1.29 is 9.59 Å². The molecule has 1 aliphatic rings. The second-order valence-electron chi connectivity index (χ2n) is 4.50. The van der Waals surface area contributed by atoms with Crippen LogP contribution in [0, 0.1) is 0 Å². The predicted molar refractivity (Wildman–Crippen MR) is 65.7 cm³/mol. The molecule has 1 heterocycles. The molecule has 0 aliphatic carbocycles. The van der Waals surface area contributed by atoms with Crippen molar-refractivity contribution in [3.05, 3.63) is 0 Å². The highest BCUT2D eigenvalue weighted by atomic mass is 16.2. The molecule has 0 aromatic rings. The van der Waals surface area contributed by atoms with E-state index in [1.807, 2.05) is 6.92 Å². The number of urea groups is 1. The van der Waals surface area contributed by atoms with Gasteiger partial charge in [-0.1, -0.05) is 0 Å². The molecule has 0 bridgehead atoms. The summed E-state index contributed by atoms with van der Waals surface area (Å²) < 4.78 is 0. The summed E-state index contributed by atoms with van der Waals surface area (Å²) in [5.41, 5.74) is 0. The van der Waals surface area contributed by atoms with E-state index in [4.69, 9.17) is 0 Å². The van der Waals surface area contributed by atoms with Crippen LogP contribution in [0.5, 0.6) is 0 Å². The van der Waals surface area contributed by atoms with E-state index in [0.717, 1.165) is 13.1 Å². The fourth-order valence-corrected chi connectivity index (χ4v) is 1.87. The van der Waals surface area contributed by atoms with Gasteiger partial charge < -0.3 is 10.6 Å². The molecule has 2 unspecified atom stereocenters. The zero-order chi connectivity index (χ0) is 12.8. The minimum absolute atomic E-state index is 0.253. The Labute approximate surface area is 102 Å². The third-order valence-electron chi connectivity index (χ3n) is 2.83. The Hall–Kier alpha value is -1.14. The van der Waals surface area contributed by atoms with E-state index in [0.29, 0.717) is 18.6 Å². The van der Waals surface area contributed by atoms with Gasteiger partial charge in [0.1, 0.15) is 0 Å². The highest BCUT2D eigenvalue weighted by Gasteiger charge is 2.24. The maximum absolute atomic E-state index is 11.6. The third kappa shape index (κ3) is 4.70. The molecular formula is C11H22N4O2. The molecule has 3 amide bonds. The average molecular weight is 242 g/mol. The van der Waals surface area contributed by atoms with Crippen LogP contribution in [0.4, 0.5) is 4.79 Å². The SMILES string of the molecule is CCNC(=O)NC(=O)CN1CC(C)NCC1C. The highest BCUT2D eigenvalue weighted by molar-refractivity contribution is 5.95. The Bertz CT molecular complexity index is 283. The van der Waals surface area contributed by atoms with Crippen LogP contribution >= 0.6 is 0 Å². The van der Waals surface area contributed by atoms with E-state index < -0.39 is 6.03 Å². The van der Waals surface area contributed by atoms with Crippen LogP contribution in [-0.2, 0) is 4.79 Å². The van der Waals surface area contributed by atoms with Gasteiger partial charge in [-0.2, -0.15) is 0 Å². The Morgan fingerprint density at radius 2 is 2.12 bits per heavy atom. The quantitative estimate of drug-likeness (QED) is 0.624. The average Bonchev–Trinajstić information content (AvgIpc) is 2.23. The van der Waals surface area contributed by atoms with Crippen molar-refractivity contribution in [2.75, 3.05) is 26.2 Å². The Morgan fingerprint density at radius 1 is 1.41 bits per heavy atom. The van der Waals surface area contributed by atoms with E-state index in [1.54, 1.807) is 0 Å². The summed E-state index contributed by atoms with van der Waals surface area (Å²) in [6.07, 6.45) is 0. The van der Waals surface area contributed by atoms with Crippen LogP contribution in [0.3, 0.4) is 0 Å². The van der Waals surface area contributed by atoms with Gasteiger partial charge in [-0.15, -0.1) is 0 Å². The fourth-order valence-electron chi connectivity index (χ4n) is 1.87. The van der Waals surface area contributed by atoms with Crippen molar-refractivity contribution in [1.82, 2.24) is 20.9 Å². The van der Waals surface area contributed by atoms with E-state index in [-0.39, 0.29) is 12.5 Å². The first-order chi connectivity index (χ1) is 8.02. The lowest BCUT2D eigenvalue weighted by molar-refractivity contribution is -0.122. The fraction of sp³-hybridized carbons (Fsp3) is 0.818. The maximum Gasteiger partial charge on any atom is 0.321 e. The van der Waals surface area contributed by atoms with Crippen LogP contribution < -0.4 is 16.0 Å². The lowest BCUT2D eigenvalue weighted by Gasteiger charge is -2.36. The number of nitrogens with zero attached hydrogens (tertiary/aromatic N) is 1. The second kappa shape index (κ2) is 6.56. The zero-order valence-electron chi connectivity index (χ0n) is 10.7. The Balaban J connectivity index is 2.36. The van der Waals surface area contributed by atoms with E-state index in [9.17, 15) is 9.59 Å². The summed E-state index contributed by atoms with van der Waals surface area (Å²) in [7, 11) is 0. The standard InChI is InChI=1S/C11H22N4O2/c1-4-12-11(17)14-10(16)7-15-6-8(2)13-5-9(15)3/h8-9,13H,4-7H2,1-3H3,(H2,12,14,16,17). The number of hydrogen-bond donors (Lipinski definition) is 3. The van der Waals surface area contributed by atoms with E-state index in [1.165, 1.54) is 0 Å². The van der Waals surface area contributed by atoms with Gasteiger partial charge in [0.2, 0.25) is 5.91 Å². The minimum atomic E-state index is -0.423. The smallest absolute Gasteiger partial charge is 0.321 e. The number of piperazine rings is 1. The van der Waals surface area contributed by atoms with Gasteiger partial charge in [0, 0.05) is 31.7 Å². The Morgan fingerprint density at radius 3 is 2.76 bits per heavy atom. The van der Waals surface area contributed by atoms with Crippen LogP contribution in [0.1, 0.15) is 20.8 Å². The van der Waals surface area contributed by atoms with Gasteiger partial charge in [-0.3, -0.25) is 15.0 Å².